The van der Waals surface area contributed by atoms with E-state index in [0.29, 0.717) is 11.4 Å². The van der Waals surface area contributed by atoms with Crippen molar-refractivity contribution in [2.45, 2.75) is 6.92 Å². The molecule has 0 bridgehead atoms. The Morgan fingerprint density at radius 1 is 1.17 bits per heavy atom. The molecule has 0 spiro atoms. The number of urea groups is 1. The number of carbonyl (C=O) groups is 1. The van der Waals surface area contributed by atoms with Crippen molar-refractivity contribution in [3.63, 3.8) is 0 Å². The molecule has 1 heterocycles. The van der Waals surface area contributed by atoms with Crippen molar-refractivity contribution in [2.24, 2.45) is 0 Å². The van der Waals surface area contributed by atoms with Crippen LogP contribution in [-0.4, -0.2) is 16.0 Å². The molecule has 0 saturated carbocycles. The van der Waals surface area contributed by atoms with E-state index >= 15 is 0 Å². The maximum Gasteiger partial charge on any atom is 0.326 e. The molecule has 0 fully saturated rings. The number of benzene rings is 1. The number of carbonyl (C=O) groups excluding carboxylic acids is 1. The van der Waals surface area contributed by atoms with Gasteiger partial charge in [-0.15, -0.1) is 0 Å². The quantitative estimate of drug-likeness (QED) is 0.818. The summed E-state index contributed by atoms with van der Waals surface area (Å²) in [6.45, 7) is 1.77. The van der Waals surface area contributed by atoms with E-state index in [0.717, 1.165) is 0 Å². The van der Waals surface area contributed by atoms with Crippen LogP contribution in [0.25, 0.3) is 0 Å². The van der Waals surface area contributed by atoms with Crippen molar-refractivity contribution >= 4 is 29.3 Å². The molecule has 2 aromatic rings. The number of hydrogen-bond acceptors (Lipinski definition) is 3. The fraction of sp³-hybridized carbons (Fsp3) is 0.0833. The fourth-order valence-corrected chi connectivity index (χ4v) is 1.61. The number of anilines is 2. The molecule has 6 heteroatoms. The topological polar surface area (TPSA) is 66.9 Å². The summed E-state index contributed by atoms with van der Waals surface area (Å²) in [6.07, 6.45) is 0. The third-order valence-corrected chi connectivity index (χ3v) is 2.27. The molecular formula is C12H11ClN4O. The number of rotatable bonds is 2. The van der Waals surface area contributed by atoms with E-state index in [1.165, 1.54) is 0 Å². The molecule has 1 aromatic carbocycles. The van der Waals surface area contributed by atoms with Gasteiger partial charge >= 0.3 is 6.03 Å². The molecule has 2 N–H and O–H groups in total. The lowest BCUT2D eigenvalue weighted by atomic mass is 10.3. The summed E-state index contributed by atoms with van der Waals surface area (Å²) in [6, 6.07) is 10.3. The second kappa shape index (κ2) is 5.46. The molecule has 2 amide bonds. The second-order valence-electron chi connectivity index (χ2n) is 3.60. The van der Waals surface area contributed by atoms with Crippen LogP contribution >= 0.6 is 11.6 Å². The van der Waals surface area contributed by atoms with E-state index in [9.17, 15) is 4.79 Å². The molecule has 0 atom stereocenters. The van der Waals surface area contributed by atoms with Gasteiger partial charge in [0.15, 0.2) is 0 Å². The van der Waals surface area contributed by atoms with Gasteiger partial charge in [0.05, 0.1) is 0 Å². The van der Waals surface area contributed by atoms with Gasteiger partial charge < -0.3 is 5.32 Å². The predicted molar refractivity (Wildman–Crippen MR) is 70.9 cm³/mol. The second-order valence-corrected chi connectivity index (χ2v) is 3.99. The highest BCUT2D eigenvalue weighted by Crippen LogP contribution is 2.10. The largest absolute Gasteiger partial charge is 0.326 e. The Hall–Kier alpha value is -2.14. The zero-order valence-electron chi connectivity index (χ0n) is 9.64. The molecule has 18 heavy (non-hydrogen) atoms. The lowest BCUT2D eigenvalue weighted by Gasteiger charge is -2.06. The summed E-state index contributed by atoms with van der Waals surface area (Å²) < 4.78 is 0. The summed E-state index contributed by atoms with van der Waals surface area (Å²) in [5, 5.41) is 5.46. The smallest absolute Gasteiger partial charge is 0.308 e. The average Bonchev–Trinajstić information content (AvgIpc) is 2.28. The molecule has 0 saturated heterocycles. The molecule has 5 nitrogen and oxygen atoms in total. The minimum absolute atomic E-state index is 0.174. The van der Waals surface area contributed by atoms with Crippen LogP contribution in [0.15, 0.2) is 36.4 Å². The zero-order chi connectivity index (χ0) is 13.0. The molecule has 1 aromatic heterocycles. The molecule has 0 unspecified atom stereocenters. The van der Waals surface area contributed by atoms with Gasteiger partial charge in [0.1, 0.15) is 5.15 Å². The summed E-state index contributed by atoms with van der Waals surface area (Å²) in [5.41, 5.74) is 1.37. The Morgan fingerprint density at radius 3 is 2.56 bits per heavy atom. The molecule has 92 valence electrons. The highest BCUT2D eigenvalue weighted by Gasteiger charge is 2.05. The number of aromatic nitrogens is 2. The Labute approximate surface area is 109 Å². The van der Waals surface area contributed by atoms with E-state index in [2.05, 4.69) is 20.6 Å². The lowest BCUT2D eigenvalue weighted by Crippen LogP contribution is -2.21. The lowest BCUT2D eigenvalue weighted by molar-refractivity contribution is 0.262. The van der Waals surface area contributed by atoms with Crippen molar-refractivity contribution in [1.82, 2.24) is 9.97 Å². The highest BCUT2D eigenvalue weighted by molar-refractivity contribution is 6.29. The minimum Gasteiger partial charge on any atom is -0.308 e. The predicted octanol–water partition coefficient (Wildman–Crippen LogP) is 3.08. The van der Waals surface area contributed by atoms with E-state index in [1.807, 2.05) is 18.2 Å². The number of hydrogen-bond donors (Lipinski definition) is 2. The van der Waals surface area contributed by atoms with Gasteiger partial charge in [0.25, 0.3) is 0 Å². The average molecular weight is 263 g/mol. The number of amides is 2. The van der Waals surface area contributed by atoms with Gasteiger partial charge in [-0.05, 0) is 25.1 Å². The summed E-state index contributed by atoms with van der Waals surface area (Å²) in [7, 11) is 0. The minimum atomic E-state index is -0.414. The van der Waals surface area contributed by atoms with Crippen LogP contribution in [0.2, 0.25) is 5.15 Å². The molecular weight excluding hydrogens is 252 g/mol. The van der Waals surface area contributed by atoms with E-state index in [4.69, 9.17) is 11.6 Å². The third kappa shape index (κ3) is 3.43. The van der Waals surface area contributed by atoms with E-state index in [1.54, 1.807) is 25.1 Å². The molecule has 0 radical (unpaired) electrons. The monoisotopic (exact) mass is 262 g/mol. The van der Waals surface area contributed by atoms with Crippen LogP contribution in [0.5, 0.6) is 0 Å². The van der Waals surface area contributed by atoms with E-state index < -0.39 is 6.03 Å². The van der Waals surface area contributed by atoms with Crippen molar-refractivity contribution in [3.8, 4) is 0 Å². The first-order valence-electron chi connectivity index (χ1n) is 5.28. The van der Waals surface area contributed by atoms with Crippen molar-refractivity contribution in [1.29, 1.82) is 0 Å². The van der Waals surface area contributed by atoms with Crippen LogP contribution in [0.3, 0.4) is 0 Å². The number of aryl methyl sites for hydroxylation is 1. The number of para-hydroxylation sites is 1. The Bertz CT molecular complexity index is 539. The zero-order valence-corrected chi connectivity index (χ0v) is 10.4. The first-order chi connectivity index (χ1) is 8.63. The van der Waals surface area contributed by atoms with Crippen LogP contribution < -0.4 is 10.6 Å². The van der Waals surface area contributed by atoms with Crippen LogP contribution in [-0.2, 0) is 0 Å². The first-order valence-corrected chi connectivity index (χ1v) is 5.65. The third-order valence-electron chi connectivity index (χ3n) is 2.08. The Balaban J connectivity index is 2.03. The van der Waals surface area contributed by atoms with Gasteiger partial charge in [-0.2, -0.15) is 0 Å². The Kier molecular flexibility index (Phi) is 3.74. The maximum atomic E-state index is 11.7. The van der Waals surface area contributed by atoms with Gasteiger partial charge in [-0.1, -0.05) is 29.8 Å². The van der Waals surface area contributed by atoms with Gasteiger partial charge in [0, 0.05) is 11.4 Å². The molecule has 2 rings (SSSR count). The van der Waals surface area contributed by atoms with Crippen molar-refractivity contribution in [3.05, 3.63) is 47.2 Å². The van der Waals surface area contributed by atoms with Gasteiger partial charge in [-0.25, -0.2) is 14.8 Å². The fourth-order valence-electron chi connectivity index (χ4n) is 1.37. The maximum absolute atomic E-state index is 11.7. The van der Waals surface area contributed by atoms with Crippen molar-refractivity contribution in [2.75, 3.05) is 10.6 Å². The van der Waals surface area contributed by atoms with Crippen LogP contribution in [0.1, 0.15) is 5.69 Å². The van der Waals surface area contributed by atoms with Gasteiger partial charge in [0.2, 0.25) is 5.95 Å². The summed E-state index contributed by atoms with van der Waals surface area (Å²) in [5.74, 6) is 0.174. The number of nitrogens with one attached hydrogen (secondary N) is 2. The molecule has 0 aliphatic heterocycles. The van der Waals surface area contributed by atoms with E-state index in [-0.39, 0.29) is 11.1 Å². The number of nitrogens with zero attached hydrogens (tertiary/aromatic N) is 2. The Morgan fingerprint density at radius 2 is 1.89 bits per heavy atom. The van der Waals surface area contributed by atoms with Crippen molar-refractivity contribution < 1.29 is 4.79 Å². The van der Waals surface area contributed by atoms with Crippen LogP contribution in [0, 0.1) is 6.92 Å². The van der Waals surface area contributed by atoms with Gasteiger partial charge in [-0.3, -0.25) is 5.32 Å². The summed E-state index contributed by atoms with van der Waals surface area (Å²) >= 11 is 5.77. The molecule has 0 aliphatic rings. The highest BCUT2D eigenvalue weighted by atomic mass is 35.5. The first kappa shape index (κ1) is 12.3. The van der Waals surface area contributed by atoms with Crippen LogP contribution in [0.4, 0.5) is 16.4 Å². The summed E-state index contributed by atoms with van der Waals surface area (Å²) in [4.78, 5) is 19.6. The normalized spacial score (nSPS) is 9.89. The SMILES string of the molecule is Cc1cc(Cl)nc(NC(=O)Nc2ccccc2)n1. The number of halogens is 1. The standard InChI is InChI=1S/C12H11ClN4O/c1-8-7-10(13)16-11(14-8)17-12(18)15-9-5-3-2-4-6-9/h2-7H,1H3,(H2,14,15,16,17,18). The molecule has 0 aliphatic carbocycles.